The molecule has 2 aromatic carbocycles. The predicted molar refractivity (Wildman–Crippen MR) is 130 cm³/mol. The van der Waals surface area contributed by atoms with E-state index in [1.165, 1.54) is 20.5 Å². The zero-order chi connectivity index (χ0) is 21.4. The highest BCUT2D eigenvalue weighted by molar-refractivity contribution is 7.20. The predicted octanol–water partition coefficient (Wildman–Crippen LogP) is 5.86. The summed E-state index contributed by atoms with van der Waals surface area (Å²) >= 11 is 7.97. The van der Waals surface area contributed by atoms with Crippen molar-refractivity contribution in [3.8, 4) is 5.75 Å². The van der Waals surface area contributed by atoms with E-state index in [-0.39, 0.29) is 18.6 Å². The van der Waals surface area contributed by atoms with Gasteiger partial charge in [0.15, 0.2) is 0 Å². The van der Waals surface area contributed by atoms with Gasteiger partial charge >= 0.3 is 0 Å². The molecule has 1 aliphatic rings. The van der Waals surface area contributed by atoms with Crippen molar-refractivity contribution in [1.29, 1.82) is 0 Å². The molecule has 0 aliphatic carbocycles. The minimum atomic E-state index is -0.561. The van der Waals surface area contributed by atoms with Crippen LogP contribution in [0.3, 0.4) is 0 Å². The first-order chi connectivity index (χ1) is 15.1. The number of ether oxygens (including phenoxy) is 1. The fourth-order valence-electron chi connectivity index (χ4n) is 4.42. The first-order valence-electron chi connectivity index (χ1n) is 10.6. The molecule has 0 amide bonds. The van der Waals surface area contributed by atoms with Crippen LogP contribution in [0.25, 0.3) is 26.6 Å². The Kier molecular flexibility index (Phi) is 5.76. The number of thiophene rings is 1. The maximum atomic E-state index is 10.8. The van der Waals surface area contributed by atoms with Crippen molar-refractivity contribution in [1.82, 2.24) is 10.3 Å². The van der Waals surface area contributed by atoms with Crippen LogP contribution < -0.4 is 10.1 Å². The maximum absolute atomic E-state index is 10.8. The lowest BCUT2D eigenvalue weighted by molar-refractivity contribution is 0.0877. The summed E-state index contributed by atoms with van der Waals surface area (Å²) in [5, 5.41) is 17.3. The molecule has 3 atom stereocenters. The first kappa shape index (κ1) is 20.6. The Morgan fingerprint density at radius 1 is 1.23 bits per heavy atom. The molecule has 160 valence electrons. The molecular formula is C25H25ClN2O2S. The molecule has 3 N–H and O–H groups in total. The Labute approximate surface area is 190 Å². The van der Waals surface area contributed by atoms with Crippen LogP contribution in [0, 0.1) is 5.92 Å². The molecule has 0 radical (unpaired) electrons. The molecule has 0 spiro atoms. The molecule has 5 rings (SSSR count). The van der Waals surface area contributed by atoms with E-state index in [9.17, 15) is 5.11 Å². The van der Waals surface area contributed by atoms with Crippen LogP contribution in [0.1, 0.15) is 18.2 Å². The summed E-state index contributed by atoms with van der Waals surface area (Å²) in [5.41, 5.74) is 2.34. The topological polar surface area (TPSA) is 57.3 Å². The van der Waals surface area contributed by atoms with Gasteiger partial charge in [0, 0.05) is 50.2 Å². The van der Waals surface area contributed by atoms with Crippen LogP contribution in [0.4, 0.5) is 0 Å². The van der Waals surface area contributed by atoms with Crippen molar-refractivity contribution in [2.45, 2.75) is 25.5 Å². The minimum absolute atomic E-state index is 0.207. The SMILES string of the molecule is CC1NCC=C(c2cc3cc(Cl)ccc3s2)C1C[C@H](O)COc1cccc2[nH]ccc12. The number of aromatic nitrogens is 1. The fourth-order valence-corrected chi connectivity index (χ4v) is 5.75. The van der Waals surface area contributed by atoms with E-state index in [1.54, 1.807) is 11.3 Å². The fraction of sp³-hybridized carbons (Fsp3) is 0.280. The van der Waals surface area contributed by atoms with Crippen LogP contribution in [0.15, 0.2) is 60.8 Å². The van der Waals surface area contributed by atoms with Crippen LogP contribution in [-0.4, -0.2) is 35.4 Å². The number of hydrogen-bond acceptors (Lipinski definition) is 4. The summed E-state index contributed by atoms with van der Waals surface area (Å²) in [4.78, 5) is 4.44. The maximum Gasteiger partial charge on any atom is 0.128 e. The van der Waals surface area contributed by atoms with Crippen LogP contribution >= 0.6 is 22.9 Å². The zero-order valence-corrected chi connectivity index (χ0v) is 18.8. The molecular weight excluding hydrogens is 428 g/mol. The van der Waals surface area contributed by atoms with Crippen LogP contribution in [-0.2, 0) is 0 Å². The molecule has 31 heavy (non-hydrogen) atoms. The Balaban J connectivity index is 1.32. The van der Waals surface area contributed by atoms with Gasteiger partial charge in [0.05, 0.1) is 6.10 Å². The van der Waals surface area contributed by atoms with Crippen molar-refractivity contribution in [3.63, 3.8) is 0 Å². The number of aromatic amines is 1. The van der Waals surface area contributed by atoms with E-state index in [1.807, 2.05) is 42.6 Å². The Hall–Kier alpha value is -2.31. The van der Waals surface area contributed by atoms with Gasteiger partial charge in [-0.1, -0.05) is 23.7 Å². The number of aliphatic hydroxyl groups is 1. The van der Waals surface area contributed by atoms with Gasteiger partial charge in [-0.2, -0.15) is 0 Å². The van der Waals surface area contributed by atoms with Gasteiger partial charge in [0.2, 0.25) is 0 Å². The second kappa shape index (κ2) is 8.67. The zero-order valence-electron chi connectivity index (χ0n) is 17.3. The Bertz CT molecular complexity index is 1240. The van der Waals surface area contributed by atoms with Crippen molar-refractivity contribution in [2.24, 2.45) is 5.92 Å². The summed E-state index contributed by atoms with van der Waals surface area (Å²) in [7, 11) is 0. The van der Waals surface area contributed by atoms with Gasteiger partial charge in [-0.25, -0.2) is 0 Å². The Morgan fingerprint density at radius 3 is 3.03 bits per heavy atom. The van der Waals surface area contributed by atoms with Gasteiger partial charge in [-0.3, -0.25) is 0 Å². The lowest BCUT2D eigenvalue weighted by Gasteiger charge is -2.32. The summed E-state index contributed by atoms with van der Waals surface area (Å²) in [6, 6.07) is 16.4. The third-order valence-corrected chi connectivity index (χ3v) is 7.44. The molecule has 0 fully saturated rings. The molecule has 4 nitrogen and oxygen atoms in total. The second-order valence-corrected chi connectivity index (χ2v) is 9.67. The number of aliphatic hydroxyl groups excluding tert-OH is 1. The van der Waals surface area contributed by atoms with E-state index >= 15 is 0 Å². The number of rotatable bonds is 6. The molecule has 0 bridgehead atoms. The molecule has 0 saturated carbocycles. The first-order valence-corrected chi connectivity index (χ1v) is 11.8. The molecule has 3 heterocycles. The highest BCUT2D eigenvalue weighted by atomic mass is 35.5. The minimum Gasteiger partial charge on any atom is -0.490 e. The second-order valence-electron chi connectivity index (χ2n) is 8.15. The van der Waals surface area contributed by atoms with Gasteiger partial charge < -0.3 is 20.1 Å². The van der Waals surface area contributed by atoms with E-state index in [4.69, 9.17) is 16.3 Å². The summed E-state index contributed by atoms with van der Waals surface area (Å²) in [6.45, 7) is 3.29. The highest BCUT2D eigenvalue weighted by Gasteiger charge is 2.29. The Morgan fingerprint density at radius 2 is 2.13 bits per heavy atom. The van der Waals surface area contributed by atoms with Gasteiger partial charge in [-0.05, 0) is 66.8 Å². The van der Waals surface area contributed by atoms with Crippen molar-refractivity contribution in [3.05, 3.63) is 70.7 Å². The van der Waals surface area contributed by atoms with Crippen LogP contribution in [0.5, 0.6) is 5.75 Å². The number of benzene rings is 2. The summed E-state index contributed by atoms with van der Waals surface area (Å²) < 4.78 is 7.23. The largest absolute Gasteiger partial charge is 0.490 e. The van der Waals surface area contributed by atoms with Gasteiger partial charge in [-0.15, -0.1) is 11.3 Å². The molecule has 2 aromatic heterocycles. The van der Waals surface area contributed by atoms with Gasteiger partial charge in [0.1, 0.15) is 12.4 Å². The number of halogens is 1. The average molecular weight is 453 g/mol. The standard InChI is InChI=1S/C25H25ClN2O2S/c1-15-21(13-18(29)14-30-23-4-2-3-22-20(23)8-10-28-22)19(7-9-27-15)25-12-16-11-17(26)5-6-24(16)31-25/h2-8,10-12,15,18,21,27-29H,9,13-14H2,1H3/t15?,18-,21?/m0/s1. The lowest BCUT2D eigenvalue weighted by atomic mass is 9.84. The molecule has 4 aromatic rings. The van der Waals surface area contributed by atoms with E-state index in [0.29, 0.717) is 6.42 Å². The van der Waals surface area contributed by atoms with Crippen LogP contribution in [0.2, 0.25) is 5.02 Å². The lowest BCUT2D eigenvalue weighted by Crippen LogP contribution is -2.40. The summed E-state index contributed by atoms with van der Waals surface area (Å²) in [6.07, 6.45) is 4.23. The average Bonchev–Trinajstić information content (AvgIpc) is 3.40. The number of fused-ring (bicyclic) bond motifs is 2. The quantitative estimate of drug-likeness (QED) is 0.343. The third kappa shape index (κ3) is 4.23. The van der Waals surface area contributed by atoms with E-state index in [2.05, 4.69) is 35.4 Å². The van der Waals surface area contributed by atoms with Crippen molar-refractivity contribution >= 4 is 49.5 Å². The number of nitrogens with one attached hydrogen (secondary N) is 2. The summed E-state index contributed by atoms with van der Waals surface area (Å²) in [5.74, 6) is 1.00. The molecule has 2 unspecified atom stereocenters. The number of H-pyrrole nitrogens is 1. The highest BCUT2D eigenvalue weighted by Crippen LogP contribution is 2.39. The monoisotopic (exact) mass is 452 g/mol. The van der Waals surface area contributed by atoms with Crippen molar-refractivity contribution < 1.29 is 9.84 Å². The third-order valence-electron chi connectivity index (χ3n) is 6.04. The van der Waals surface area contributed by atoms with Crippen molar-refractivity contribution in [2.75, 3.05) is 13.2 Å². The normalized spacial score (nSPS) is 20.2. The molecule has 0 saturated heterocycles. The smallest absolute Gasteiger partial charge is 0.128 e. The molecule has 1 aliphatic heterocycles. The van der Waals surface area contributed by atoms with Gasteiger partial charge in [0.25, 0.3) is 0 Å². The number of hydrogen-bond donors (Lipinski definition) is 3. The van der Waals surface area contributed by atoms with E-state index < -0.39 is 6.10 Å². The molecule has 6 heteroatoms. The van der Waals surface area contributed by atoms with E-state index in [0.717, 1.165) is 28.2 Å².